The number of benzene rings is 3. The van der Waals surface area contributed by atoms with E-state index >= 15 is 0 Å². The molecule has 0 saturated heterocycles. The standard InChI is InChI=1S/C19H13NO3/c20-11-13-5-3-9-16-14(6-4-8-15(13)16)12-23-18-10-2-1-7-17(18)19(21)22/h1-10H,12H2,(H,21,22). The Labute approximate surface area is 133 Å². The van der Waals surface area contributed by atoms with E-state index in [4.69, 9.17) is 4.74 Å². The molecule has 0 radical (unpaired) electrons. The maximum absolute atomic E-state index is 11.2. The summed E-state index contributed by atoms with van der Waals surface area (Å²) < 4.78 is 5.70. The number of hydrogen-bond donors (Lipinski definition) is 1. The van der Waals surface area contributed by atoms with E-state index in [0.717, 1.165) is 16.3 Å². The lowest BCUT2D eigenvalue weighted by Gasteiger charge is -2.11. The molecule has 0 heterocycles. The Kier molecular flexibility index (Phi) is 3.94. The Hall–Kier alpha value is -3.32. The second-order valence-electron chi connectivity index (χ2n) is 5.02. The fourth-order valence-electron chi connectivity index (χ4n) is 2.52. The summed E-state index contributed by atoms with van der Waals surface area (Å²) in [5.74, 6) is -0.696. The predicted molar refractivity (Wildman–Crippen MR) is 86.4 cm³/mol. The van der Waals surface area contributed by atoms with Crippen molar-refractivity contribution in [3.8, 4) is 11.8 Å². The third kappa shape index (κ3) is 2.85. The second kappa shape index (κ2) is 6.20. The summed E-state index contributed by atoms with van der Waals surface area (Å²) in [6, 6.07) is 19.9. The van der Waals surface area contributed by atoms with Crippen molar-refractivity contribution in [2.75, 3.05) is 0 Å². The van der Waals surface area contributed by atoms with Crippen LogP contribution in [0.2, 0.25) is 0 Å². The number of para-hydroxylation sites is 1. The van der Waals surface area contributed by atoms with Crippen LogP contribution in [0.3, 0.4) is 0 Å². The maximum atomic E-state index is 11.2. The van der Waals surface area contributed by atoms with Gasteiger partial charge in [0.2, 0.25) is 0 Å². The van der Waals surface area contributed by atoms with Gasteiger partial charge >= 0.3 is 5.97 Å². The Morgan fingerprint density at radius 2 is 1.74 bits per heavy atom. The van der Waals surface area contributed by atoms with Crippen molar-refractivity contribution in [3.63, 3.8) is 0 Å². The van der Waals surface area contributed by atoms with Crippen LogP contribution in [-0.4, -0.2) is 11.1 Å². The minimum absolute atomic E-state index is 0.130. The average Bonchev–Trinajstić information content (AvgIpc) is 2.59. The highest BCUT2D eigenvalue weighted by Gasteiger charge is 2.11. The van der Waals surface area contributed by atoms with Gasteiger partial charge in [-0.3, -0.25) is 0 Å². The summed E-state index contributed by atoms with van der Waals surface area (Å²) in [6.07, 6.45) is 0. The zero-order valence-electron chi connectivity index (χ0n) is 12.2. The molecular formula is C19H13NO3. The molecule has 3 rings (SSSR count). The van der Waals surface area contributed by atoms with Gasteiger partial charge in [-0.15, -0.1) is 0 Å². The van der Waals surface area contributed by atoms with Crippen LogP contribution in [0.5, 0.6) is 5.75 Å². The molecule has 0 aliphatic heterocycles. The van der Waals surface area contributed by atoms with Crippen molar-refractivity contribution in [1.82, 2.24) is 0 Å². The van der Waals surface area contributed by atoms with Crippen LogP contribution in [0.25, 0.3) is 10.8 Å². The molecule has 0 unspecified atom stereocenters. The van der Waals surface area contributed by atoms with Gasteiger partial charge in [-0.25, -0.2) is 4.79 Å². The van der Waals surface area contributed by atoms with Gasteiger partial charge in [-0.2, -0.15) is 5.26 Å². The lowest BCUT2D eigenvalue weighted by Crippen LogP contribution is -2.03. The summed E-state index contributed by atoms with van der Waals surface area (Å²) in [4.78, 5) is 11.2. The highest BCUT2D eigenvalue weighted by Crippen LogP contribution is 2.25. The van der Waals surface area contributed by atoms with Crippen molar-refractivity contribution in [2.45, 2.75) is 6.61 Å². The quantitative estimate of drug-likeness (QED) is 0.791. The largest absolute Gasteiger partial charge is 0.488 e. The number of carboxylic acids is 1. The second-order valence-corrected chi connectivity index (χ2v) is 5.02. The first kappa shape index (κ1) is 14.6. The first-order chi connectivity index (χ1) is 11.2. The lowest BCUT2D eigenvalue weighted by atomic mass is 10.0. The number of nitrogens with zero attached hydrogens (tertiary/aromatic N) is 1. The number of hydrogen-bond acceptors (Lipinski definition) is 3. The maximum Gasteiger partial charge on any atom is 0.339 e. The first-order valence-corrected chi connectivity index (χ1v) is 7.06. The first-order valence-electron chi connectivity index (χ1n) is 7.06. The molecule has 0 amide bonds. The third-order valence-electron chi connectivity index (χ3n) is 3.63. The van der Waals surface area contributed by atoms with E-state index in [1.165, 1.54) is 6.07 Å². The van der Waals surface area contributed by atoms with Gasteiger partial charge in [0.15, 0.2) is 0 Å². The lowest BCUT2D eigenvalue weighted by molar-refractivity contribution is 0.0692. The zero-order chi connectivity index (χ0) is 16.2. The van der Waals surface area contributed by atoms with E-state index in [0.29, 0.717) is 11.3 Å². The van der Waals surface area contributed by atoms with E-state index in [-0.39, 0.29) is 12.2 Å². The molecule has 0 bridgehead atoms. The van der Waals surface area contributed by atoms with Gasteiger partial charge in [0.05, 0.1) is 11.6 Å². The van der Waals surface area contributed by atoms with Gasteiger partial charge in [0, 0.05) is 0 Å². The summed E-state index contributed by atoms with van der Waals surface area (Å²) in [7, 11) is 0. The van der Waals surface area contributed by atoms with Gasteiger partial charge in [-0.05, 0) is 34.5 Å². The minimum atomic E-state index is -1.02. The van der Waals surface area contributed by atoms with Crippen LogP contribution in [0.15, 0.2) is 60.7 Å². The van der Waals surface area contributed by atoms with Crippen molar-refractivity contribution in [2.24, 2.45) is 0 Å². The fraction of sp³-hybridized carbons (Fsp3) is 0.0526. The molecule has 0 aliphatic rings. The van der Waals surface area contributed by atoms with Crippen LogP contribution >= 0.6 is 0 Å². The molecule has 0 aromatic heterocycles. The molecule has 4 heteroatoms. The van der Waals surface area contributed by atoms with Crippen LogP contribution in [0, 0.1) is 11.3 Å². The molecule has 0 atom stereocenters. The number of carbonyl (C=O) groups is 1. The highest BCUT2D eigenvalue weighted by molar-refractivity contribution is 5.91. The van der Waals surface area contributed by atoms with Gasteiger partial charge in [0.1, 0.15) is 17.9 Å². The summed E-state index contributed by atoms with van der Waals surface area (Å²) in [5, 5.41) is 20.2. The van der Waals surface area contributed by atoms with Crippen molar-refractivity contribution in [3.05, 3.63) is 77.4 Å². The van der Waals surface area contributed by atoms with Crippen LogP contribution in [-0.2, 0) is 6.61 Å². The van der Waals surface area contributed by atoms with E-state index in [1.54, 1.807) is 24.3 Å². The number of rotatable bonds is 4. The Morgan fingerprint density at radius 1 is 1.00 bits per heavy atom. The summed E-state index contributed by atoms with van der Waals surface area (Å²) in [5.41, 5.74) is 1.64. The molecule has 0 fully saturated rings. The molecular weight excluding hydrogens is 290 g/mol. The molecule has 112 valence electrons. The van der Waals surface area contributed by atoms with E-state index < -0.39 is 5.97 Å². The molecule has 23 heavy (non-hydrogen) atoms. The fourth-order valence-corrected chi connectivity index (χ4v) is 2.52. The molecule has 0 aliphatic carbocycles. The number of aromatic carboxylic acids is 1. The SMILES string of the molecule is N#Cc1cccc2c(COc3ccccc3C(=O)O)cccc12. The average molecular weight is 303 g/mol. The molecule has 0 saturated carbocycles. The minimum Gasteiger partial charge on any atom is -0.488 e. The van der Waals surface area contributed by atoms with Gasteiger partial charge in [0.25, 0.3) is 0 Å². The molecule has 0 spiro atoms. The Bertz CT molecular complexity index is 925. The number of ether oxygens (including phenoxy) is 1. The predicted octanol–water partition coefficient (Wildman–Crippen LogP) is 3.99. The van der Waals surface area contributed by atoms with Crippen molar-refractivity contribution in [1.29, 1.82) is 5.26 Å². The van der Waals surface area contributed by atoms with Gasteiger partial charge < -0.3 is 9.84 Å². The normalized spacial score (nSPS) is 10.2. The van der Waals surface area contributed by atoms with Crippen LogP contribution < -0.4 is 4.74 Å². The van der Waals surface area contributed by atoms with Gasteiger partial charge in [-0.1, -0.05) is 42.5 Å². The number of carboxylic acid groups (broad SMARTS) is 1. The molecule has 4 nitrogen and oxygen atoms in total. The molecule has 3 aromatic carbocycles. The monoisotopic (exact) mass is 303 g/mol. The van der Waals surface area contributed by atoms with E-state index in [2.05, 4.69) is 6.07 Å². The van der Waals surface area contributed by atoms with E-state index in [1.807, 2.05) is 30.3 Å². The third-order valence-corrected chi connectivity index (χ3v) is 3.63. The number of fused-ring (bicyclic) bond motifs is 1. The highest BCUT2D eigenvalue weighted by atomic mass is 16.5. The summed E-state index contributed by atoms with van der Waals surface area (Å²) >= 11 is 0. The topological polar surface area (TPSA) is 70.3 Å². The molecule has 1 N–H and O–H groups in total. The van der Waals surface area contributed by atoms with Crippen molar-refractivity contribution >= 4 is 16.7 Å². The Morgan fingerprint density at radius 3 is 2.52 bits per heavy atom. The van der Waals surface area contributed by atoms with Crippen LogP contribution in [0.1, 0.15) is 21.5 Å². The number of nitriles is 1. The van der Waals surface area contributed by atoms with Crippen LogP contribution in [0.4, 0.5) is 0 Å². The zero-order valence-corrected chi connectivity index (χ0v) is 12.2. The summed E-state index contributed by atoms with van der Waals surface area (Å²) in [6.45, 7) is 0.233. The van der Waals surface area contributed by atoms with Crippen molar-refractivity contribution < 1.29 is 14.6 Å². The Balaban J connectivity index is 1.95. The molecule has 3 aromatic rings. The van der Waals surface area contributed by atoms with E-state index in [9.17, 15) is 15.2 Å². The smallest absolute Gasteiger partial charge is 0.339 e.